The Morgan fingerprint density at radius 3 is 2.89 bits per heavy atom. The van der Waals surface area contributed by atoms with Gasteiger partial charge in [0.05, 0.1) is 6.04 Å². The number of fused-ring (bicyclic) bond motifs is 1. The minimum Gasteiger partial charge on any atom is -0.592 e. The van der Waals surface area contributed by atoms with Crippen LogP contribution in [0.2, 0.25) is 0 Å². The van der Waals surface area contributed by atoms with Gasteiger partial charge in [0.15, 0.2) is 21.9 Å². The zero-order chi connectivity index (χ0) is 18.4. The average molecular weight is 405 g/mol. The van der Waals surface area contributed by atoms with Crippen molar-refractivity contribution < 1.29 is 8.76 Å². The van der Waals surface area contributed by atoms with Gasteiger partial charge in [0.25, 0.3) is 0 Å². The van der Waals surface area contributed by atoms with Crippen molar-refractivity contribution in [3.05, 3.63) is 35.5 Å². The third-order valence-electron chi connectivity index (χ3n) is 5.04. The van der Waals surface area contributed by atoms with E-state index in [-0.39, 0.29) is 6.04 Å². The highest BCUT2D eigenvalue weighted by molar-refractivity contribution is 7.97. The highest BCUT2D eigenvalue weighted by atomic mass is 32.3. The van der Waals surface area contributed by atoms with E-state index in [1.807, 2.05) is 16.6 Å². The van der Waals surface area contributed by atoms with Crippen molar-refractivity contribution in [2.75, 3.05) is 18.0 Å². The summed E-state index contributed by atoms with van der Waals surface area (Å²) in [4.78, 5) is 2.14. The minimum absolute atomic E-state index is 0.132. The molecule has 0 radical (unpaired) electrons. The Bertz CT molecular complexity index is 1000. The first kappa shape index (κ1) is 17.2. The number of thiophene rings is 1. The number of nitrogens with zero attached hydrogens (tertiary/aromatic N) is 5. The smallest absolute Gasteiger partial charge is 0.228 e. The predicted octanol–water partition coefficient (Wildman–Crippen LogP) is 2.23. The zero-order valence-corrected chi connectivity index (χ0v) is 16.3. The van der Waals surface area contributed by atoms with E-state index < -0.39 is 10.4 Å². The van der Waals surface area contributed by atoms with Gasteiger partial charge in [0, 0.05) is 25.1 Å². The maximum absolute atomic E-state index is 12.5. The van der Waals surface area contributed by atoms with Gasteiger partial charge < -0.3 is 9.45 Å². The van der Waals surface area contributed by atoms with Crippen LogP contribution in [0.5, 0.6) is 0 Å². The van der Waals surface area contributed by atoms with Gasteiger partial charge in [-0.3, -0.25) is 0 Å². The second-order valence-electron chi connectivity index (χ2n) is 7.13. The first-order valence-electron chi connectivity index (χ1n) is 9.13. The van der Waals surface area contributed by atoms with Gasteiger partial charge in [-0.25, -0.2) is 0 Å². The van der Waals surface area contributed by atoms with Gasteiger partial charge in [-0.1, -0.05) is 15.5 Å². The normalized spacial score (nSPS) is 22.9. The van der Waals surface area contributed by atoms with E-state index >= 15 is 0 Å². The lowest BCUT2D eigenvalue weighted by atomic mass is 10.1. The van der Waals surface area contributed by atoms with E-state index in [1.165, 1.54) is 11.3 Å². The van der Waals surface area contributed by atoms with Crippen LogP contribution in [-0.4, -0.2) is 43.5 Å². The summed E-state index contributed by atoms with van der Waals surface area (Å²) < 4.78 is 30.1. The maximum atomic E-state index is 12.5. The van der Waals surface area contributed by atoms with Crippen LogP contribution in [0.15, 0.2) is 33.9 Å². The second-order valence-corrected chi connectivity index (χ2v) is 10.0. The summed E-state index contributed by atoms with van der Waals surface area (Å²) in [5.41, 5.74) is 0.757. The molecule has 0 bridgehead atoms. The Labute approximate surface area is 162 Å². The molecule has 142 valence electrons. The van der Waals surface area contributed by atoms with Crippen molar-refractivity contribution in [1.82, 2.24) is 24.5 Å². The van der Waals surface area contributed by atoms with E-state index in [2.05, 4.69) is 19.8 Å². The van der Waals surface area contributed by atoms with Crippen LogP contribution in [0, 0.1) is 0 Å². The summed E-state index contributed by atoms with van der Waals surface area (Å²) in [5, 5.41) is 15.0. The summed E-state index contributed by atoms with van der Waals surface area (Å²) in [6.45, 7) is 1.46. The molecule has 5 rings (SSSR count). The van der Waals surface area contributed by atoms with Crippen molar-refractivity contribution in [3.8, 4) is 0 Å². The molecule has 4 heterocycles. The zero-order valence-electron chi connectivity index (χ0n) is 14.7. The Morgan fingerprint density at radius 1 is 1.22 bits per heavy atom. The summed E-state index contributed by atoms with van der Waals surface area (Å²) in [7, 11) is -3.46. The van der Waals surface area contributed by atoms with Crippen LogP contribution < -0.4 is 9.62 Å². The van der Waals surface area contributed by atoms with E-state index in [4.69, 9.17) is 5.10 Å². The molecule has 3 aromatic rings. The molecule has 0 spiro atoms. The molecule has 0 amide bonds. The monoisotopic (exact) mass is 404 g/mol. The van der Waals surface area contributed by atoms with E-state index in [0.29, 0.717) is 16.7 Å². The molecular formula is C17H20N6O2S2. The maximum Gasteiger partial charge on any atom is 0.228 e. The fourth-order valence-corrected chi connectivity index (χ4v) is 5.81. The summed E-state index contributed by atoms with van der Waals surface area (Å²) in [6.07, 6.45) is 4.02. The lowest BCUT2D eigenvalue weighted by Crippen LogP contribution is -2.49. The Balaban J connectivity index is 1.35. The van der Waals surface area contributed by atoms with Crippen molar-refractivity contribution >= 4 is 33.2 Å². The van der Waals surface area contributed by atoms with E-state index in [1.54, 1.807) is 17.5 Å². The fourth-order valence-electron chi connectivity index (χ4n) is 3.54. The molecule has 10 heteroatoms. The summed E-state index contributed by atoms with van der Waals surface area (Å²) in [5.74, 6) is 2.23. The molecule has 1 saturated carbocycles. The van der Waals surface area contributed by atoms with E-state index in [0.717, 1.165) is 49.5 Å². The topological polar surface area (TPSA) is 98.5 Å². The number of piperidine rings is 1. The van der Waals surface area contributed by atoms with Gasteiger partial charge in [-0.2, -0.15) is 4.52 Å². The third kappa shape index (κ3) is 3.38. The van der Waals surface area contributed by atoms with Gasteiger partial charge in [0.1, 0.15) is 5.82 Å². The van der Waals surface area contributed by atoms with Crippen molar-refractivity contribution in [3.63, 3.8) is 0 Å². The third-order valence-corrected chi connectivity index (χ3v) is 7.96. The lowest BCUT2D eigenvalue weighted by molar-refractivity contribution is 0.423. The highest BCUT2D eigenvalue weighted by Crippen LogP contribution is 2.38. The number of hydrogen-bond donors (Lipinski definition) is 1. The molecule has 8 nitrogen and oxygen atoms in total. The number of aromatic nitrogens is 4. The Kier molecular flexibility index (Phi) is 4.23. The number of sulfonamides is 1. The van der Waals surface area contributed by atoms with Gasteiger partial charge >= 0.3 is 0 Å². The molecule has 2 fully saturated rings. The molecule has 1 aliphatic heterocycles. The van der Waals surface area contributed by atoms with Crippen LogP contribution in [0.4, 0.5) is 5.82 Å². The lowest BCUT2D eigenvalue weighted by Gasteiger charge is -2.33. The molecule has 1 saturated heterocycles. The van der Waals surface area contributed by atoms with Gasteiger partial charge in [-0.15, -0.1) is 20.0 Å². The molecule has 2 aliphatic rings. The summed E-state index contributed by atoms with van der Waals surface area (Å²) >= 11 is 1.23. The van der Waals surface area contributed by atoms with Gasteiger partial charge in [-0.05, 0) is 49.3 Å². The van der Waals surface area contributed by atoms with Crippen LogP contribution >= 0.6 is 11.3 Å². The first-order valence-corrected chi connectivity index (χ1v) is 11.5. The van der Waals surface area contributed by atoms with Crippen LogP contribution in [0.1, 0.15) is 37.4 Å². The number of rotatable bonds is 5. The molecule has 1 aliphatic carbocycles. The van der Waals surface area contributed by atoms with Gasteiger partial charge in [0.2, 0.25) is 4.21 Å². The number of nitrogens with one attached hydrogen (secondary N) is 1. The minimum atomic E-state index is -3.46. The Morgan fingerprint density at radius 2 is 2.11 bits per heavy atom. The molecule has 3 aromatic heterocycles. The predicted molar refractivity (Wildman–Crippen MR) is 103 cm³/mol. The summed E-state index contributed by atoms with van der Waals surface area (Å²) in [6, 6.07) is 7.13. The molecule has 0 aromatic carbocycles. The molecule has 1 N–H and O–H groups in total. The first-order chi connectivity index (χ1) is 13.1. The van der Waals surface area contributed by atoms with Crippen LogP contribution in [0.25, 0.3) is 5.65 Å². The largest absolute Gasteiger partial charge is 0.592 e. The number of hydrogen-bond acceptors (Lipinski definition) is 7. The molecule has 27 heavy (non-hydrogen) atoms. The SMILES string of the molecule is O=[S+]([O-])(NC1CCCN(c2ccc3nnc(C4CC4)n3n2)C1)c1cccs1. The average Bonchev–Trinajstić information content (AvgIpc) is 3.19. The van der Waals surface area contributed by atoms with Crippen LogP contribution in [-0.2, 0) is 14.6 Å². The standard InChI is InChI=1S/C17H20N6O2S2/c24-27(25,16-4-2-10-26-16)21-13-3-1-9-22(11-13)15-8-7-14-18-19-17(12-5-6-12)23(14)20-15/h2,4,7-8,10,12-13H,1,3,5-6,9,11H2,(H-,21,24,25). The molecular weight excluding hydrogens is 384 g/mol. The molecule has 2 unspecified atom stereocenters. The highest BCUT2D eigenvalue weighted by Gasteiger charge is 2.31. The van der Waals surface area contributed by atoms with Crippen molar-refractivity contribution in [2.24, 2.45) is 0 Å². The van der Waals surface area contributed by atoms with Crippen molar-refractivity contribution in [2.45, 2.75) is 41.9 Å². The number of anilines is 1. The molecule has 2 atom stereocenters. The van der Waals surface area contributed by atoms with Crippen molar-refractivity contribution in [1.29, 1.82) is 0 Å². The fraction of sp³-hybridized carbons (Fsp3) is 0.471. The Hall–Kier alpha value is -1.88. The van der Waals surface area contributed by atoms with E-state index in [9.17, 15) is 8.76 Å². The van der Waals surface area contributed by atoms with Crippen LogP contribution in [0.3, 0.4) is 0 Å². The quantitative estimate of drug-likeness (QED) is 0.655. The second kappa shape index (κ2) is 6.62.